The van der Waals surface area contributed by atoms with E-state index in [1.54, 1.807) is 0 Å². The molecule has 2 aliphatic rings. The van der Waals surface area contributed by atoms with Gasteiger partial charge in [0.25, 0.3) is 0 Å². The van der Waals surface area contributed by atoms with E-state index >= 15 is 0 Å². The summed E-state index contributed by atoms with van der Waals surface area (Å²) in [6.45, 7) is 13.3. The molecule has 2 heteroatoms. The van der Waals surface area contributed by atoms with Crippen molar-refractivity contribution in [3.8, 4) is 22.6 Å². The molecule has 4 aromatic rings. The van der Waals surface area contributed by atoms with Crippen LogP contribution in [0.25, 0.3) is 33.4 Å². The Kier molecular flexibility index (Phi) is 2.68. The maximum atomic E-state index is 6.22. The van der Waals surface area contributed by atoms with E-state index in [-0.39, 0.29) is 10.8 Å². The summed E-state index contributed by atoms with van der Waals surface area (Å²) >= 11 is 0. The summed E-state index contributed by atoms with van der Waals surface area (Å²) in [5.41, 5.74) is 7.54. The van der Waals surface area contributed by atoms with Crippen molar-refractivity contribution < 1.29 is 8.83 Å². The number of furan rings is 2. The first-order valence-electron chi connectivity index (χ1n) is 10.0. The summed E-state index contributed by atoms with van der Waals surface area (Å²) in [4.78, 5) is 0. The lowest BCUT2D eigenvalue weighted by Crippen LogP contribution is -2.26. The Hall–Kier alpha value is -2.74. The van der Waals surface area contributed by atoms with Crippen molar-refractivity contribution in [2.45, 2.75) is 52.4 Å². The van der Waals surface area contributed by atoms with Crippen LogP contribution < -0.4 is 0 Å². The molecule has 2 nitrogen and oxygen atoms in total. The Morgan fingerprint density at radius 1 is 0.571 bits per heavy atom. The van der Waals surface area contributed by atoms with Gasteiger partial charge in [-0.1, -0.05) is 52.0 Å². The molecular weight excluding hydrogens is 344 g/mol. The average molecular weight is 368 g/mol. The number of rotatable bonds is 0. The first-order valence-corrected chi connectivity index (χ1v) is 10.0. The van der Waals surface area contributed by atoms with E-state index < -0.39 is 0 Å². The predicted octanol–water partition coefficient (Wildman–Crippen LogP) is 7.26. The normalized spacial score (nSPS) is 17.5. The minimum Gasteiger partial charge on any atom is -0.461 e. The maximum absolute atomic E-state index is 6.22. The van der Waals surface area contributed by atoms with Gasteiger partial charge in [-0.25, -0.2) is 0 Å². The van der Waals surface area contributed by atoms with Crippen molar-refractivity contribution in [2.75, 3.05) is 0 Å². The van der Waals surface area contributed by atoms with E-state index in [9.17, 15) is 0 Å². The van der Waals surface area contributed by atoms with Gasteiger partial charge >= 0.3 is 0 Å². The molecule has 28 heavy (non-hydrogen) atoms. The highest BCUT2D eigenvalue weighted by molar-refractivity contribution is 6.11. The van der Waals surface area contributed by atoms with E-state index in [0.29, 0.717) is 0 Å². The van der Waals surface area contributed by atoms with Crippen LogP contribution in [0.4, 0.5) is 0 Å². The second-order valence-electron chi connectivity index (χ2n) is 9.52. The number of hydrogen-bond acceptors (Lipinski definition) is 2. The zero-order valence-electron chi connectivity index (χ0n) is 17.3. The molecule has 2 heterocycles. The van der Waals surface area contributed by atoms with Gasteiger partial charge in [-0.2, -0.15) is 0 Å². The van der Waals surface area contributed by atoms with Gasteiger partial charge in [0, 0.05) is 33.1 Å². The third-order valence-electron chi connectivity index (χ3n) is 7.05. The lowest BCUT2D eigenvalue weighted by molar-refractivity contribution is 0.533. The highest BCUT2D eigenvalue weighted by Gasteiger charge is 2.41. The summed E-state index contributed by atoms with van der Waals surface area (Å²) in [5.74, 6) is 4.00. The number of benzene rings is 2. The zero-order chi connectivity index (χ0) is 19.6. The van der Waals surface area contributed by atoms with Crippen molar-refractivity contribution in [3.05, 3.63) is 70.2 Å². The highest BCUT2D eigenvalue weighted by Crippen LogP contribution is 2.56. The Labute approximate surface area is 165 Å². The molecule has 2 aliphatic carbocycles. The van der Waals surface area contributed by atoms with Gasteiger partial charge in [-0.15, -0.1) is 0 Å². The number of aryl methyl sites for hydroxylation is 2. The molecule has 140 valence electrons. The zero-order valence-corrected chi connectivity index (χ0v) is 17.3. The van der Waals surface area contributed by atoms with Gasteiger partial charge < -0.3 is 8.83 Å². The molecule has 0 N–H and O–H groups in total. The van der Waals surface area contributed by atoms with Crippen molar-refractivity contribution in [3.63, 3.8) is 0 Å². The molecule has 2 aromatic heterocycles. The van der Waals surface area contributed by atoms with E-state index in [2.05, 4.69) is 64.1 Å². The fourth-order valence-electron chi connectivity index (χ4n) is 5.56. The molecule has 0 atom stereocenters. The number of fused-ring (bicyclic) bond motifs is 4. The second-order valence-corrected chi connectivity index (χ2v) is 9.52. The molecule has 0 bridgehead atoms. The molecule has 0 aliphatic heterocycles. The molecule has 0 saturated heterocycles. The number of hydrogen-bond donors (Lipinski definition) is 0. The minimum absolute atomic E-state index is 0.0965. The van der Waals surface area contributed by atoms with E-state index in [1.165, 1.54) is 44.2 Å². The quantitative estimate of drug-likeness (QED) is 0.326. The summed E-state index contributed by atoms with van der Waals surface area (Å²) in [5, 5.41) is 2.66. The summed E-state index contributed by atoms with van der Waals surface area (Å²) in [7, 11) is 0. The molecule has 6 rings (SSSR count). The third-order valence-corrected chi connectivity index (χ3v) is 7.05. The van der Waals surface area contributed by atoms with Crippen molar-refractivity contribution >= 4 is 10.8 Å². The van der Waals surface area contributed by atoms with Gasteiger partial charge in [0.1, 0.15) is 23.0 Å². The van der Waals surface area contributed by atoms with Gasteiger partial charge in [0.15, 0.2) is 0 Å². The first kappa shape index (κ1) is 16.2. The Morgan fingerprint density at radius 2 is 0.964 bits per heavy atom. The van der Waals surface area contributed by atoms with E-state index in [4.69, 9.17) is 8.83 Å². The van der Waals surface area contributed by atoms with Crippen LogP contribution >= 0.6 is 0 Å². The van der Waals surface area contributed by atoms with Crippen molar-refractivity contribution in [1.29, 1.82) is 0 Å². The smallest absolute Gasteiger partial charge is 0.138 e. The van der Waals surface area contributed by atoms with Crippen LogP contribution in [0.3, 0.4) is 0 Å². The van der Waals surface area contributed by atoms with Crippen LogP contribution in [0, 0.1) is 13.8 Å². The molecule has 0 spiro atoms. The fraction of sp³-hybridized carbons (Fsp3) is 0.308. The lowest BCUT2D eigenvalue weighted by atomic mass is 9.65. The topological polar surface area (TPSA) is 26.3 Å². The van der Waals surface area contributed by atoms with Crippen LogP contribution in [0.15, 0.2) is 45.2 Å². The van der Waals surface area contributed by atoms with Gasteiger partial charge in [-0.05, 0) is 47.9 Å². The van der Waals surface area contributed by atoms with Gasteiger partial charge in [0.05, 0.1) is 0 Å². The standard InChI is InChI=1S/C26H24O2/c1-13-11-19-23(27-13)15-7-9-18-22-16(8-10-17(21(15)22)25(19,3)4)24-20(26(18,5)6)12-14(2)28-24/h7-12H,1-6H3. The molecule has 0 saturated carbocycles. The van der Waals surface area contributed by atoms with Gasteiger partial charge in [0.2, 0.25) is 0 Å². The van der Waals surface area contributed by atoms with E-state index in [1.807, 2.05) is 13.8 Å². The molecule has 0 unspecified atom stereocenters. The molecular formula is C26H24O2. The fourth-order valence-corrected chi connectivity index (χ4v) is 5.56. The SMILES string of the molecule is Cc1cc2c(o1)-c1ccc3c4c(ccc(c14)C2(C)C)-c1oc(C)cc1C3(C)C. The molecule has 2 aromatic carbocycles. The molecule has 0 fully saturated rings. The van der Waals surface area contributed by atoms with Crippen LogP contribution in [-0.4, -0.2) is 0 Å². The average Bonchev–Trinajstić information content (AvgIpc) is 3.22. The summed E-state index contributed by atoms with van der Waals surface area (Å²) in [6, 6.07) is 13.5. The predicted molar refractivity (Wildman–Crippen MR) is 113 cm³/mol. The monoisotopic (exact) mass is 368 g/mol. The highest BCUT2D eigenvalue weighted by atomic mass is 16.3. The Balaban J connectivity index is 1.86. The summed E-state index contributed by atoms with van der Waals surface area (Å²) in [6.07, 6.45) is 0. The van der Waals surface area contributed by atoms with E-state index in [0.717, 1.165) is 23.0 Å². The molecule has 0 amide bonds. The summed E-state index contributed by atoms with van der Waals surface area (Å²) < 4.78 is 12.4. The van der Waals surface area contributed by atoms with Crippen LogP contribution in [0.1, 0.15) is 61.5 Å². The largest absolute Gasteiger partial charge is 0.461 e. The van der Waals surface area contributed by atoms with Gasteiger partial charge in [-0.3, -0.25) is 0 Å². The Bertz CT molecular complexity index is 1220. The second kappa shape index (κ2) is 4.63. The van der Waals surface area contributed by atoms with Crippen LogP contribution in [0.5, 0.6) is 0 Å². The third kappa shape index (κ3) is 1.66. The minimum atomic E-state index is -0.0965. The van der Waals surface area contributed by atoms with Crippen molar-refractivity contribution in [2.24, 2.45) is 0 Å². The molecule has 0 radical (unpaired) electrons. The maximum Gasteiger partial charge on any atom is 0.138 e. The lowest BCUT2D eigenvalue weighted by Gasteiger charge is -2.37. The van der Waals surface area contributed by atoms with Crippen LogP contribution in [-0.2, 0) is 10.8 Å². The first-order chi connectivity index (χ1) is 13.2. The Morgan fingerprint density at radius 3 is 1.36 bits per heavy atom. The van der Waals surface area contributed by atoms with Crippen molar-refractivity contribution in [1.82, 2.24) is 0 Å². The van der Waals surface area contributed by atoms with Crippen LogP contribution in [0.2, 0.25) is 0 Å².